The molecule has 0 radical (unpaired) electrons. The van der Waals surface area contributed by atoms with Gasteiger partial charge in [0.2, 0.25) is 14.0 Å². The molecule has 17 heavy (non-hydrogen) atoms. The van der Waals surface area contributed by atoms with Gasteiger partial charge < -0.3 is 10.4 Å². The number of benzene rings is 1. The Morgan fingerprint density at radius 2 is 1.94 bits per heavy atom. The number of hydrogen-bond acceptors (Lipinski definition) is 4. The van der Waals surface area contributed by atoms with E-state index in [-0.39, 0.29) is 13.0 Å². The van der Waals surface area contributed by atoms with Gasteiger partial charge >= 0.3 is 0 Å². The molecule has 0 fully saturated rings. The van der Waals surface area contributed by atoms with E-state index in [0.717, 1.165) is 0 Å². The van der Waals surface area contributed by atoms with E-state index < -0.39 is 26.0 Å². The molecule has 1 aromatic carbocycles. The fourth-order valence-electron chi connectivity index (χ4n) is 1.22. The van der Waals surface area contributed by atoms with Gasteiger partial charge in [0.25, 0.3) is 5.91 Å². The van der Waals surface area contributed by atoms with Crippen LogP contribution in [0.2, 0.25) is 0 Å². The van der Waals surface area contributed by atoms with Crippen LogP contribution in [0, 0.1) is 0 Å². The predicted molar refractivity (Wildman–Crippen MR) is 61.6 cm³/mol. The lowest BCUT2D eigenvalue weighted by Gasteiger charge is -2.10. The molecule has 0 aliphatic carbocycles. The summed E-state index contributed by atoms with van der Waals surface area (Å²) in [6.07, 6.45) is -1.27. The van der Waals surface area contributed by atoms with Crippen LogP contribution in [0.5, 0.6) is 0 Å². The Morgan fingerprint density at radius 3 is 2.53 bits per heavy atom. The molecule has 6 heteroatoms. The molecule has 1 unspecified atom stereocenters. The number of carbonyl (C=O) groups is 2. The largest absolute Gasteiger partial charge is 0.378 e. The Balaban J connectivity index is 2.43. The summed E-state index contributed by atoms with van der Waals surface area (Å²) in [4.78, 5) is 22.2. The molecule has 0 saturated carbocycles. The van der Waals surface area contributed by atoms with Crippen molar-refractivity contribution in [1.29, 1.82) is 0 Å². The monoisotopic (exact) mass is 253 g/mol. The molecule has 1 atom stereocenters. The van der Waals surface area contributed by atoms with Crippen molar-refractivity contribution in [3.63, 3.8) is 0 Å². The molecule has 0 heterocycles. The molecule has 0 spiro atoms. The van der Waals surface area contributed by atoms with E-state index in [0.29, 0.717) is 5.56 Å². The summed E-state index contributed by atoms with van der Waals surface area (Å²) >= 11 is 0. The van der Waals surface area contributed by atoms with E-state index >= 15 is 0 Å². The zero-order chi connectivity index (χ0) is 12.7. The number of hydrogen-bond donors (Lipinski definition) is 2. The summed E-state index contributed by atoms with van der Waals surface area (Å²) in [5.74, 6) is -0.577. The summed E-state index contributed by atoms with van der Waals surface area (Å²) < 4.78 is 10.1. The average Bonchev–Trinajstić information content (AvgIpc) is 2.38. The summed E-state index contributed by atoms with van der Waals surface area (Å²) in [7, 11) is -0.561. The maximum atomic E-state index is 11.5. The first-order chi connectivity index (χ1) is 8.15. The van der Waals surface area contributed by atoms with Crippen LogP contribution >= 0.6 is 8.46 Å². The maximum absolute atomic E-state index is 11.5. The number of aliphatic hydroxyl groups excluding tert-OH is 1. The first-order valence-corrected chi connectivity index (χ1v) is 5.83. The van der Waals surface area contributed by atoms with Crippen LogP contribution in [0.1, 0.15) is 18.1 Å². The van der Waals surface area contributed by atoms with Crippen molar-refractivity contribution in [2.75, 3.05) is 6.54 Å². The minimum absolute atomic E-state index is 0.0156. The van der Waals surface area contributed by atoms with Gasteiger partial charge in [-0.15, -0.1) is 0 Å². The van der Waals surface area contributed by atoms with Gasteiger partial charge in [-0.2, -0.15) is 0 Å². The predicted octanol–water partition coefficient (Wildman–Crippen LogP) is 1.04. The second-order valence-corrected chi connectivity index (χ2v) is 4.02. The fourth-order valence-corrected chi connectivity index (χ4v) is 1.42. The highest BCUT2D eigenvalue weighted by molar-refractivity contribution is 7.46. The number of aliphatic hydroxyl groups is 1. The average molecular weight is 253 g/mol. The van der Waals surface area contributed by atoms with Crippen molar-refractivity contribution in [3.8, 4) is 0 Å². The summed E-state index contributed by atoms with van der Waals surface area (Å²) in [6, 6.07) is 8.47. The second kappa shape index (κ2) is 6.89. The van der Waals surface area contributed by atoms with Crippen molar-refractivity contribution in [1.82, 2.24) is 5.32 Å². The van der Waals surface area contributed by atoms with Crippen LogP contribution in [0.15, 0.2) is 30.3 Å². The van der Waals surface area contributed by atoms with Gasteiger partial charge in [0.1, 0.15) is 0 Å². The Morgan fingerprint density at radius 1 is 1.29 bits per heavy atom. The van der Waals surface area contributed by atoms with Crippen molar-refractivity contribution in [3.05, 3.63) is 35.9 Å². The molecule has 90 valence electrons. The summed E-state index contributed by atoms with van der Waals surface area (Å²) in [5.41, 5.74) is -0.00206. The van der Waals surface area contributed by atoms with Gasteiger partial charge in [0, 0.05) is 13.0 Å². The third kappa shape index (κ3) is 4.43. The van der Waals surface area contributed by atoms with E-state index in [2.05, 4.69) is 5.32 Å². The zero-order valence-electron chi connectivity index (χ0n) is 9.00. The first kappa shape index (κ1) is 13.5. The molecule has 0 aromatic heterocycles. The fraction of sp³-hybridized carbons (Fsp3) is 0.273. The molecular weight excluding hydrogens is 241 g/mol. The summed E-state index contributed by atoms with van der Waals surface area (Å²) in [5, 5.41) is 12.0. The first-order valence-electron chi connectivity index (χ1n) is 5.02. The molecule has 2 N–H and O–H groups in total. The van der Waals surface area contributed by atoms with Gasteiger partial charge in [-0.3, -0.25) is 14.2 Å². The molecule has 1 aromatic rings. The number of nitrogens with one attached hydrogen (secondary N) is 1. The SMILES string of the molecule is O=PC(=O)CCNC(=O)C(O)c1ccccc1. The third-order valence-electron chi connectivity index (χ3n) is 2.10. The quantitative estimate of drug-likeness (QED) is 0.742. The number of rotatable bonds is 6. The molecule has 5 nitrogen and oxygen atoms in total. The Labute approximate surface area is 100 Å². The van der Waals surface area contributed by atoms with E-state index in [1.807, 2.05) is 0 Å². The van der Waals surface area contributed by atoms with Gasteiger partial charge in [-0.1, -0.05) is 30.3 Å². The highest BCUT2D eigenvalue weighted by atomic mass is 31.1. The van der Waals surface area contributed by atoms with E-state index in [9.17, 15) is 19.3 Å². The van der Waals surface area contributed by atoms with Crippen molar-refractivity contribution < 1.29 is 19.3 Å². The Bertz CT molecular complexity index is 407. The minimum atomic E-state index is -1.25. The normalized spacial score (nSPS) is 12.1. The van der Waals surface area contributed by atoms with E-state index in [1.54, 1.807) is 30.3 Å². The lowest BCUT2D eigenvalue weighted by atomic mass is 10.1. The van der Waals surface area contributed by atoms with Crippen molar-refractivity contribution in [2.45, 2.75) is 12.5 Å². The highest BCUT2D eigenvalue weighted by Gasteiger charge is 2.16. The molecule has 0 aliphatic heterocycles. The number of amides is 1. The van der Waals surface area contributed by atoms with Crippen molar-refractivity contribution >= 4 is 19.9 Å². The van der Waals surface area contributed by atoms with Crippen molar-refractivity contribution in [2.24, 2.45) is 0 Å². The Kier molecular flexibility index (Phi) is 5.46. The standard InChI is InChI=1S/C11H12NO4P/c13-9(17-16)6-7-12-11(15)10(14)8-4-2-1-3-5-8/h1-5,10,14H,6-7H2,(H,12,15). The molecule has 0 bridgehead atoms. The second-order valence-electron chi connectivity index (χ2n) is 3.34. The lowest BCUT2D eigenvalue weighted by molar-refractivity contribution is -0.129. The molecule has 0 aliphatic rings. The van der Waals surface area contributed by atoms with Crippen LogP contribution in [0.3, 0.4) is 0 Å². The molecule has 1 amide bonds. The number of carbonyl (C=O) groups excluding carboxylic acids is 2. The van der Waals surface area contributed by atoms with Gasteiger partial charge in [-0.05, 0) is 5.56 Å². The topological polar surface area (TPSA) is 83.5 Å². The van der Waals surface area contributed by atoms with Gasteiger partial charge in [0.15, 0.2) is 6.10 Å². The van der Waals surface area contributed by atoms with Crippen LogP contribution < -0.4 is 5.32 Å². The lowest BCUT2D eigenvalue weighted by Crippen LogP contribution is -2.30. The Hall–Kier alpha value is -1.58. The molecule has 1 rings (SSSR count). The maximum Gasteiger partial charge on any atom is 0.253 e. The zero-order valence-corrected chi connectivity index (χ0v) is 9.89. The summed E-state index contributed by atoms with van der Waals surface area (Å²) in [6.45, 7) is 0.0663. The van der Waals surface area contributed by atoms with Crippen LogP contribution in [0.4, 0.5) is 0 Å². The van der Waals surface area contributed by atoms with Crippen LogP contribution in [-0.4, -0.2) is 23.1 Å². The smallest absolute Gasteiger partial charge is 0.253 e. The molecule has 0 saturated heterocycles. The van der Waals surface area contributed by atoms with E-state index in [4.69, 9.17) is 0 Å². The van der Waals surface area contributed by atoms with E-state index in [1.165, 1.54) is 0 Å². The van der Waals surface area contributed by atoms with Gasteiger partial charge in [-0.25, -0.2) is 0 Å². The minimum Gasteiger partial charge on any atom is -0.378 e. The highest BCUT2D eigenvalue weighted by Crippen LogP contribution is 2.11. The van der Waals surface area contributed by atoms with Crippen LogP contribution in [-0.2, 0) is 14.2 Å². The van der Waals surface area contributed by atoms with Gasteiger partial charge in [0.05, 0.1) is 0 Å². The third-order valence-corrected chi connectivity index (χ3v) is 2.53. The molecular formula is C11H12NO4P. The van der Waals surface area contributed by atoms with Crippen LogP contribution in [0.25, 0.3) is 0 Å².